The summed E-state index contributed by atoms with van der Waals surface area (Å²) in [5, 5.41) is 4.62. The van der Waals surface area contributed by atoms with Crippen molar-refractivity contribution >= 4 is 34.3 Å². The SMILES string of the molecule is CCOc1ccc(NC(=O)CSc2ncnc3ccccc23)cc1OCC. The number of hydrogen-bond donors (Lipinski definition) is 1. The number of fused-ring (bicyclic) bond motifs is 1. The lowest BCUT2D eigenvalue weighted by Crippen LogP contribution is -2.14. The number of para-hydroxylation sites is 1. The number of benzene rings is 2. The second-order valence-electron chi connectivity index (χ2n) is 5.56. The van der Waals surface area contributed by atoms with E-state index in [2.05, 4.69) is 15.3 Å². The number of anilines is 1. The fourth-order valence-electron chi connectivity index (χ4n) is 2.55. The van der Waals surface area contributed by atoms with Crippen LogP contribution in [0.25, 0.3) is 10.9 Å². The minimum atomic E-state index is -0.116. The minimum absolute atomic E-state index is 0.116. The highest BCUT2D eigenvalue weighted by atomic mass is 32.2. The van der Waals surface area contributed by atoms with Crippen molar-refractivity contribution in [2.75, 3.05) is 24.3 Å². The van der Waals surface area contributed by atoms with Gasteiger partial charge in [-0.25, -0.2) is 9.97 Å². The first kappa shape index (κ1) is 19.0. The van der Waals surface area contributed by atoms with Gasteiger partial charge in [0.25, 0.3) is 0 Å². The van der Waals surface area contributed by atoms with Gasteiger partial charge in [-0.3, -0.25) is 4.79 Å². The highest BCUT2D eigenvalue weighted by molar-refractivity contribution is 8.00. The second kappa shape index (κ2) is 9.23. The van der Waals surface area contributed by atoms with Crippen molar-refractivity contribution in [2.45, 2.75) is 18.9 Å². The van der Waals surface area contributed by atoms with Gasteiger partial charge in [-0.05, 0) is 32.0 Å². The molecule has 3 aromatic rings. The molecule has 0 fully saturated rings. The van der Waals surface area contributed by atoms with Gasteiger partial charge in [0.15, 0.2) is 11.5 Å². The molecule has 0 aliphatic rings. The highest BCUT2D eigenvalue weighted by Crippen LogP contribution is 2.31. The van der Waals surface area contributed by atoms with Gasteiger partial charge in [-0.15, -0.1) is 0 Å². The summed E-state index contributed by atoms with van der Waals surface area (Å²) in [5.41, 5.74) is 1.53. The molecule has 0 aliphatic carbocycles. The van der Waals surface area contributed by atoms with Crippen molar-refractivity contribution in [3.63, 3.8) is 0 Å². The van der Waals surface area contributed by atoms with Gasteiger partial charge in [-0.1, -0.05) is 30.0 Å². The van der Waals surface area contributed by atoms with E-state index in [0.717, 1.165) is 15.9 Å². The maximum Gasteiger partial charge on any atom is 0.234 e. The molecule has 0 saturated carbocycles. The average molecular weight is 383 g/mol. The Bertz CT molecular complexity index is 928. The summed E-state index contributed by atoms with van der Waals surface area (Å²) in [6, 6.07) is 13.1. The van der Waals surface area contributed by atoms with Gasteiger partial charge < -0.3 is 14.8 Å². The largest absolute Gasteiger partial charge is 0.490 e. The Kier molecular flexibility index (Phi) is 6.49. The van der Waals surface area contributed by atoms with Crippen molar-refractivity contribution in [1.82, 2.24) is 9.97 Å². The summed E-state index contributed by atoms with van der Waals surface area (Å²) in [6.07, 6.45) is 1.52. The van der Waals surface area contributed by atoms with E-state index in [0.29, 0.717) is 30.4 Å². The van der Waals surface area contributed by atoms with Crippen LogP contribution in [0.3, 0.4) is 0 Å². The van der Waals surface area contributed by atoms with Crippen molar-refractivity contribution in [3.8, 4) is 11.5 Å². The predicted octanol–water partition coefficient (Wildman–Crippen LogP) is 4.16. The van der Waals surface area contributed by atoms with Gasteiger partial charge >= 0.3 is 0 Å². The normalized spacial score (nSPS) is 10.6. The number of hydrogen-bond acceptors (Lipinski definition) is 6. The monoisotopic (exact) mass is 383 g/mol. The maximum atomic E-state index is 12.4. The lowest BCUT2D eigenvalue weighted by Gasteiger charge is -2.13. The third-order valence-electron chi connectivity index (χ3n) is 3.67. The van der Waals surface area contributed by atoms with E-state index in [9.17, 15) is 4.79 Å². The fourth-order valence-corrected chi connectivity index (χ4v) is 3.34. The van der Waals surface area contributed by atoms with Crippen molar-refractivity contribution in [2.24, 2.45) is 0 Å². The quantitative estimate of drug-likeness (QED) is 0.465. The first-order valence-electron chi connectivity index (χ1n) is 8.73. The summed E-state index contributed by atoms with van der Waals surface area (Å²) in [5.74, 6) is 1.41. The predicted molar refractivity (Wildman–Crippen MR) is 108 cm³/mol. The smallest absolute Gasteiger partial charge is 0.234 e. The third-order valence-corrected chi connectivity index (χ3v) is 4.68. The summed E-state index contributed by atoms with van der Waals surface area (Å²) < 4.78 is 11.1. The molecule has 0 atom stereocenters. The Hall–Kier alpha value is -2.80. The van der Waals surface area contributed by atoms with Crippen LogP contribution in [0.1, 0.15) is 13.8 Å². The standard InChI is InChI=1S/C20H21N3O3S/c1-3-25-17-10-9-14(11-18(17)26-4-2)23-19(24)12-27-20-15-7-5-6-8-16(15)21-13-22-20/h5-11,13H,3-4,12H2,1-2H3,(H,23,24). The van der Waals surface area contributed by atoms with Gasteiger partial charge in [0.2, 0.25) is 5.91 Å². The zero-order valence-electron chi connectivity index (χ0n) is 15.3. The highest BCUT2D eigenvalue weighted by Gasteiger charge is 2.10. The number of ether oxygens (including phenoxy) is 2. The number of amides is 1. The van der Waals surface area contributed by atoms with Crippen LogP contribution >= 0.6 is 11.8 Å². The van der Waals surface area contributed by atoms with Gasteiger partial charge in [0, 0.05) is 17.1 Å². The third kappa shape index (κ3) is 4.89. The molecular formula is C20H21N3O3S. The van der Waals surface area contributed by atoms with Crippen LogP contribution in [0, 0.1) is 0 Å². The van der Waals surface area contributed by atoms with E-state index in [4.69, 9.17) is 9.47 Å². The minimum Gasteiger partial charge on any atom is -0.490 e. The fraction of sp³-hybridized carbons (Fsp3) is 0.250. The molecule has 1 aromatic heterocycles. The Labute approximate surface area is 162 Å². The summed E-state index contributed by atoms with van der Waals surface area (Å²) in [6.45, 7) is 4.90. The van der Waals surface area contributed by atoms with Gasteiger partial charge in [-0.2, -0.15) is 0 Å². The number of nitrogens with zero attached hydrogens (tertiary/aromatic N) is 2. The Morgan fingerprint density at radius 1 is 1.04 bits per heavy atom. The summed E-state index contributed by atoms with van der Waals surface area (Å²) in [4.78, 5) is 20.9. The van der Waals surface area contributed by atoms with Crippen molar-refractivity contribution < 1.29 is 14.3 Å². The maximum absolute atomic E-state index is 12.4. The molecule has 1 N–H and O–H groups in total. The Morgan fingerprint density at radius 3 is 2.63 bits per heavy atom. The van der Waals surface area contributed by atoms with Gasteiger partial charge in [0.05, 0.1) is 24.5 Å². The van der Waals surface area contributed by atoms with Crippen LogP contribution in [0.15, 0.2) is 53.8 Å². The summed E-state index contributed by atoms with van der Waals surface area (Å²) >= 11 is 1.38. The number of thioether (sulfide) groups is 1. The lowest BCUT2D eigenvalue weighted by molar-refractivity contribution is -0.113. The van der Waals surface area contributed by atoms with Crippen LogP contribution in [0.5, 0.6) is 11.5 Å². The lowest BCUT2D eigenvalue weighted by atomic mass is 10.2. The van der Waals surface area contributed by atoms with Crippen LogP contribution in [0.4, 0.5) is 5.69 Å². The molecule has 3 rings (SSSR count). The number of aromatic nitrogens is 2. The zero-order valence-corrected chi connectivity index (χ0v) is 16.1. The molecule has 0 aliphatic heterocycles. The molecule has 0 unspecified atom stereocenters. The van der Waals surface area contributed by atoms with Crippen LogP contribution in [-0.4, -0.2) is 34.8 Å². The van der Waals surface area contributed by atoms with E-state index in [-0.39, 0.29) is 11.7 Å². The molecule has 27 heavy (non-hydrogen) atoms. The topological polar surface area (TPSA) is 73.3 Å². The first-order valence-corrected chi connectivity index (χ1v) is 9.71. The Morgan fingerprint density at radius 2 is 1.81 bits per heavy atom. The molecule has 6 nitrogen and oxygen atoms in total. The van der Waals surface area contributed by atoms with E-state index < -0.39 is 0 Å². The molecule has 0 bridgehead atoms. The number of carbonyl (C=O) groups excluding carboxylic acids is 1. The Balaban J connectivity index is 1.66. The van der Waals surface area contributed by atoms with Crippen molar-refractivity contribution in [1.29, 1.82) is 0 Å². The molecule has 2 aromatic carbocycles. The molecule has 0 radical (unpaired) electrons. The molecule has 0 saturated heterocycles. The zero-order chi connectivity index (χ0) is 19.1. The average Bonchev–Trinajstić information content (AvgIpc) is 2.68. The molecule has 0 spiro atoms. The molecule has 1 amide bonds. The van der Waals surface area contributed by atoms with E-state index in [1.54, 1.807) is 18.2 Å². The second-order valence-corrected chi connectivity index (χ2v) is 6.52. The number of nitrogens with one attached hydrogen (secondary N) is 1. The van der Waals surface area contributed by atoms with Crippen molar-refractivity contribution in [3.05, 3.63) is 48.8 Å². The summed E-state index contributed by atoms with van der Waals surface area (Å²) in [7, 11) is 0. The van der Waals surface area contributed by atoms with Crippen LogP contribution in [-0.2, 0) is 4.79 Å². The van der Waals surface area contributed by atoms with Gasteiger partial charge in [0.1, 0.15) is 11.4 Å². The van der Waals surface area contributed by atoms with Crippen LogP contribution < -0.4 is 14.8 Å². The first-order chi connectivity index (χ1) is 13.2. The van der Waals surface area contributed by atoms with E-state index in [1.165, 1.54) is 18.1 Å². The van der Waals surface area contributed by atoms with Crippen LogP contribution in [0.2, 0.25) is 0 Å². The van der Waals surface area contributed by atoms with E-state index >= 15 is 0 Å². The molecule has 140 valence electrons. The molecule has 1 heterocycles. The number of carbonyl (C=O) groups is 1. The molecular weight excluding hydrogens is 362 g/mol. The van der Waals surface area contributed by atoms with E-state index in [1.807, 2.05) is 38.1 Å². The number of rotatable bonds is 8. The molecule has 7 heteroatoms.